The minimum atomic E-state index is -0.550. The van der Waals surface area contributed by atoms with Gasteiger partial charge in [0.2, 0.25) is 0 Å². The van der Waals surface area contributed by atoms with Gasteiger partial charge >= 0.3 is 7.12 Å². The Morgan fingerprint density at radius 2 is 1.41 bits per heavy atom. The molecule has 0 bridgehead atoms. The van der Waals surface area contributed by atoms with Gasteiger partial charge in [-0.1, -0.05) is 44.2 Å². The number of hydrogen-bond donors (Lipinski definition) is 0. The van der Waals surface area contributed by atoms with Crippen molar-refractivity contribution in [3.63, 3.8) is 0 Å². The highest BCUT2D eigenvalue weighted by atomic mass is 32.2. The van der Waals surface area contributed by atoms with Crippen LogP contribution in [0.5, 0.6) is 23.0 Å². The summed E-state index contributed by atoms with van der Waals surface area (Å²) in [5.41, 5.74) is 1.59. The summed E-state index contributed by atoms with van der Waals surface area (Å²) in [4.78, 5) is 0.981. The molecule has 0 unspecified atom stereocenters. The van der Waals surface area contributed by atoms with E-state index in [2.05, 4.69) is 73.6 Å². The molecule has 0 N–H and O–H groups in total. The van der Waals surface area contributed by atoms with Gasteiger partial charge in [-0.2, -0.15) is 0 Å². The molecule has 0 atom stereocenters. The first-order valence-corrected chi connectivity index (χ1v) is 13.6. The molecular formula is C30H35BO5S. The third-order valence-electron chi connectivity index (χ3n) is 7.82. The van der Waals surface area contributed by atoms with Gasteiger partial charge < -0.3 is 23.0 Å². The van der Waals surface area contributed by atoms with Gasteiger partial charge in [0.1, 0.15) is 0 Å². The van der Waals surface area contributed by atoms with Crippen molar-refractivity contribution in [2.24, 2.45) is 5.92 Å². The normalized spacial score (nSPS) is 17.7. The maximum absolute atomic E-state index is 6.51. The molecule has 3 aromatic carbocycles. The van der Waals surface area contributed by atoms with E-state index in [0.29, 0.717) is 28.9 Å². The van der Waals surface area contributed by atoms with Crippen LogP contribution in [0.3, 0.4) is 0 Å². The Balaban J connectivity index is 1.58. The predicted octanol–water partition coefficient (Wildman–Crippen LogP) is 8.01. The summed E-state index contributed by atoms with van der Waals surface area (Å²) in [6.45, 7) is 16.8. The molecule has 0 aliphatic carbocycles. The summed E-state index contributed by atoms with van der Waals surface area (Å²) in [6, 6.07) is 19.9. The molecule has 2 aliphatic heterocycles. The van der Waals surface area contributed by atoms with Gasteiger partial charge in [-0.3, -0.25) is 0 Å². The lowest BCUT2D eigenvalue weighted by atomic mass is 9.74. The molecule has 5 rings (SSSR count). The third-order valence-corrected chi connectivity index (χ3v) is 8.78. The third kappa shape index (κ3) is 4.90. The van der Waals surface area contributed by atoms with Crippen LogP contribution in [-0.2, 0) is 13.5 Å². The minimum Gasteiger partial charge on any atom is -0.449 e. The van der Waals surface area contributed by atoms with E-state index in [1.807, 2.05) is 42.5 Å². The predicted molar refractivity (Wildman–Crippen MR) is 150 cm³/mol. The molecule has 3 aromatic rings. The zero-order valence-corrected chi connectivity index (χ0v) is 23.7. The maximum Gasteiger partial charge on any atom is 0.495 e. The van der Waals surface area contributed by atoms with Gasteiger partial charge in [0.25, 0.3) is 0 Å². The van der Waals surface area contributed by atoms with Gasteiger partial charge in [0.15, 0.2) is 23.0 Å². The lowest BCUT2D eigenvalue weighted by Crippen LogP contribution is -2.41. The van der Waals surface area contributed by atoms with Gasteiger partial charge in [-0.05, 0) is 88.8 Å². The molecule has 0 spiro atoms. The van der Waals surface area contributed by atoms with Crippen LogP contribution in [0.25, 0.3) is 11.1 Å². The molecule has 2 heterocycles. The fourth-order valence-corrected chi connectivity index (χ4v) is 4.82. The van der Waals surface area contributed by atoms with Crippen LogP contribution in [0.15, 0.2) is 65.6 Å². The maximum atomic E-state index is 6.51. The first-order chi connectivity index (χ1) is 17.4. The highest BCUT2D eigenvalue weighted by Crippen LogP contribution is 2.49. The molecule has 0 saturated carbocycles. The molecule has 0 radical (unpaired) electrons. The second-order valence-electron chi connectivity index (χ2n) is 11.5. The van der Waals surface area contributed by atoms with Gasteiger partial charge in [-0.25, -0.2) is 0 Å². The van der Waals surface area contributed by atoms with Crippen molar-refractivity contribution in [3.05, 3.63) is 60.7 Å². The molecule has 1 saturated heterocycles. The van der Waals surface area contributed by atoms with Crippen LogP contribution in [0.2, 0.25) is 0 Å². The van der Waals surface area contributed by atoms with Gasteiger partial charge in [0, 0.05) is 22.5 Å². The SMILES string of the molecule is CC(C)C(C)(C)OSc1ccc(-c2cccc3c2Oc2ccccc2O3)c(B2OC(C)(C)C(C)(C)O2)c1. The molecule has 7 heteroatoms. The molecule has 2 aliphatic rings. The highest BCUT2D eigenvalue weighted by molar-refractivity contribution is 7.94. The Bertz CT molecular complexity index is 1300. The van der Waals surface area contributed by atoms with Crippen LogP contribution in [-0.4, -0.2) is 23.9 Å². The largest absolute Gasteiger partial charge is 0.495 e. The molecule has 37 heavy (non-hydrogen) atoms. The molecule has 0 aromatic heterocycles. The van der Waals surface area contributed by atoms with Crippen LogP contribution in [0, 0.1) is 5.92 Å². The Labute approximate surface area is 225 Å². The topological polar surface area (TPSA) is 46.2 Å². The van der Waals surface area contributed by atoms with Crippen molar-refractivity contribution in [2.75, 3.05) is 0 Å². The lowest BCUT2D eigenvalue weighted by molar-refractivity contribution is 0.00578. The van der Waals surface area contributed by atoms with Crippen molar-refractivity contribution in [2.45, 2.75) is 77.1 Å². The number of ether oxygens (including phenoxy) is 2. The van der Waals surface area contributed by atoms with Crippen molar-refractivity contribution < 1.29 is 23.0 Å². The lowest BCUT2D eigenvalue weighted by Gasteiger charge is -2.32. The molecule has 194 valence electrons. The quantitative estimate of drug-likeness (QED) is 0.190. The number of fused-ring (bicyclic) bond motifs is 2. The monoisotopic (exact) mass is 518 g/mol. The first kappa shape index (κ1) is 26.2. The summed E-state index contributed by atoms with van der Waals surface area (Å²) in [5, 5.41) is 0. The highest BCUT2D eigenvalue weighted by Gasteiger charge is 2.52. The van der Waals surface area contributed by atoms with Crippen LogP contribution in [0.1, 0.15) is 55.4 Å². The molecule has 1 fully saturated rings. The first-order valence-electron chi connectivity index (χ1n) is 12.8. The zero-order chi connectivity index (χ0) is 26.6. The molecule has 5 nitrogen and oxygen atoms in total. The number of para-hydroxylation sites is 3. The smallest absolute Gasteiger partial charge is 0.449 e. The second kappa shape index (κ2) is 9.39. The van der Waals surface area contributed by atoms with Gasteiger partial charge in [-0.15, -0.1) is 0 Å². The average molecular weight is 518 g/mol. The van der Waals surface area contributed by atoms with E-state index in [4.69, 9.17) is 23.0 Å². The van der Waals surface area contributed by atoms with Crippen LogP contribution >= 0.6 is 12.0 Å². The average Bonchev–Trinajstić information content (AvgIpc) is 3.07. The van der Waals surface area contributed by atoms with E-state index in [-0.39, 0.29) is 5.60 Å². The Morgan fingerprint density at radius 3 is 2.05 bits per heavy atom. The fraction of sp³-hybridized carbons (Fsp3) is 0.400. The van der Waals surface area contributed by atoms with E-state index in [0.717, 1.165) is 21.5 Å². The summed E-state index contributed by atoms with van der Waals surface area (Å²) >= 11 is 1.38. The summed E-state index contributed by atoms with van der Waals surface area (Å²) < 4.78 is 31.8. The summed E-state index contributed by atoms with van der Waals surface area (Å²) in [5.74, 6) is 3.12. The summed E-state index contributed by atoms with van der Waals surface area (Å²) in [7, 11) is -0.550. The van der Waals surface area contributed by atoms with Crippen molar-refractivity contribution >= 4 is 24.6 Å². The van der Waals surface area contributed by atoms with Crippen molar-refractivity contribution in [3.8, 4) is 34.1 Å². The molecule has 0 amide bonds. The number of hydrogen-bond acceptors (Lipinski definition) is 6. The van der Waals surface area contributed by atoms with Crippen LogP contribution < -0.4 is 14.9 Å². The Morgan fingerprint density at radius 1 is 0.784 bits per heavy atom. The van der Waals surface area contributed by atoms with Gasteiger partial charge in [0.05, 0.1) is 16.8 Å². The van der Waals surface area contributed by atoms with Crippen LogP contribution in [0.4, 0.5) is 0 Å². The fourth-order valence-electron chi connectivity index (χ4n) is 4.02. The molecular weight excluding hydrogens is 483 g/mol. The van der Waals surface area contributed by atoms with Crippen molar-refractivity contribution in [1.29, 1.82) is 0 Å². The number of rotatable bonds is 6. The number of benzene rings is 3. The van der Waals surface area contributed by atoms with E-state index >= 15 is 0 Å². The summed E-state index contributed by atoms with van der Waals surface area (Å²) in [6.07, 6.45) is 0. The Hall–Kier alpha value is -2.45. The Kier molecular flexibility index (Phi) is 6.64. The van der Waals surface area contributed by atoms with Crippen molar-refractivity contribution in [1.82, 2.24) is 0 Å². The van der Waals surface area contributed by atoms with E-state index in [1.165, 1.54) is 12.0 Å². The second-order valence-corrected chi connectivity index (χ2v) is 12.4. The standard InChI is InChI=1S/C30H35BO5S/c1-19(2)28(3,4)36-37-20-16-17-21(23(18-20)31-34-29(5,6)30(7,8)35-31)22-12-11-15-26-27(22)33-25-14-10-9-13-24(25)32-26/h9-19H,1-8H3. The van der Waals surface area contributed by atoms with E-state index < -0.39 is 18.3 Å². The zero-order valence-electron chi connectivity index (χ0n) is 22.9. The minimum absolute atomic E-state index is 0.273. The van der Waals surface area contributed by atoms with E-state index in [1.54, 1.807) is 0 Å². The van der Waals surface area contributed by atoms with E-state index in [9.17, 15) is 0 Å².